The van der Waals surface area contributed by atoms with E-state index in [-0.39, 0.29) is 23.3 Å². The molecule has 1 fully saturated rings. The molecule has 102 valence electrons. The number of hydrogen-bond acceptors (Lipinski definition) is 3. The van der Waals surface area contributed by atoms with Gasteiger partial charge in [0.1, 0.15) is 0 Å². The number of carbonyl (C=O) groups is 2. The minimum absolute atomic E-state index is 0.0158. The van der Waals surface area contributed by atoms with Gasteiger partial charge < -0.3 is 15.2 Å². The van der Waals surface area contributed by atoms with Crippen molar-refractivity contribution in [2.45, 2.75) is 13.3 Å². The van der Waals surface area contributed by atoms with Crippen molar-refractivity contribution in [2.75, 3.05) is 19.8 Å². The second-order valence-corrected chi connectivity index (χ2v) is 5.22. The molecule has 1 aliphatic rings. The fraction of sp³-hybridized carbons (Fsp3) is 0.429. The smallest absolute Gasteiger partial charge is 0.335 e. The summed E-state index contributed by atoms with van der Waals surface area (Å²) in [4.78, 5) is 22.9. The molecular formula is C14H17NO4. The third-order valence-corrected chi connectivity index (χ3v) is 3.21. The van der Waals surface area contributed by atoms with Crippen LogP contribution in [0.25, 0.3) is 0 Å². The summed E-state index contributed by atoms with van der Waals surface area (Å²) < 4.78 is 5.11. The first-order valence-corrected chi connectivity index (χ1v) is 6.16. The van der Waals surface area contributed by atoms with Crippen molar-refractivity contribution in [3.8, 4) is 0 Å². The van der Waals surface area contributed by atoms with Gasteiger partial charge in [-0.25, -0.2) is 4.79 Å². The van der Waals surface area contributed by atoms with E-state index < -0.39 is 5.97 Å². The van der Waals surface area contributed by atoms with Gasteiger partial charge in [-0.1, -0.05) is 25.1 Å². The predicted molar refractivity (Wildman–Crippen MR) is 69.0 cm³/mol. The largest absolute Gasteiger partial charge is 0.478 e. The van der Waals surface area contributed by atoms with Crippen molar-refractivity contribution in [1.29, 1.82) is 0 Å². The Labute approximate surface area is 111 Å². The molecule has 0 spiro atoms. The van der Waals surface area contributed by atoms with Crippen LogP contribution in [0, 0.1) is 5.41 Å². The molecule has 0 unspecified atom stereocenters. The van der Waals surface area contributed by atoms with Gasteiger partial charge in [0.2, 0.25) is 5.91 Å². The van der Waals surface area contributed by atoms with E-state index in [9.17, 15) is 9.59 Å². The van der Waals surface area contributed by atoms with Gasteiger partial charge in [-0.15, -0.1) is 0 Å². The first-order chi connectivity index (χ1) is 9.00. The van der Waals surface area contributed by atoms with Crippen molar-refractivity contribution < 1.29 is 19.4 Å². The van der Waals surface area contributed by atoms with E-state index in [0.29, 0.717) is 25.3 Å². The molecule has 0 saturated carbocycles. The standard InChI is InChI=1S/C14H17NO4/c1-14(8-19-9-14)7-15-12(16)6-10-4-2-3-5-11(10)13(17)18/h2-5H,6-9H2,1H3,(H,15,16)(H,17,18). The van der Waals surface area contributed by atoms with Gasteiger partial charge in [-0.05, 0) is 11.6 Å². The summed E-state index contributed by atoms with van der Waals surface area (Å²) >= 11 is 0. The molecule has 19 heavy (non-hydrogen) atoms. The highest BCUT2D eigenvalue weighted by atomic mass is 16.5. The van der Waals surface area contributed by atoms with Crippen LogP contribution < -0.4 is 5.32 Å². The van der Waals surface area contributed by atoms with Crippen LogP contribution in [0.1, 0.15) is 22.8 Å². The maximum atomic E-state index is 11.8. The van der Waals surface area contributed by atoms with Crippen molar-refractivity contribution in [1.82, 2.24) is 5.32 Å². The average Bonchev–Trinajstić information content (AvgIpc) is 2.34. The van der Waals surface area contributed by atoms with Crippen LogP contribution in [0.4, 0.5) is 0 Å². The van der Waals surface area contributed by atoms with Crippen LogP contribution in [0.15, 0.2) is 24.3 Å². The fourth-order valence-electron chi connectivity index (χ4n) is 1.98. The molecule has 0 atom stereocenters. The third-order valence-electron chi connectivity index (χ3n) is 3.21. The summed E-state index contributed by atoms with van der Waals surface area (Å²) in [6, 6.07) is 6.55. The van der Waals surface area contributed by atoms with Crippen LogP contribution in [0.5, 0.6) is 0 Å². The topological polar surface area (TPSA) is 75.6 Å². The molecule has 5 nitrogen and oxygen atoms in total. The molecular weight excluding hydrogens is 246 g/mol. The Morgan fingerprint density at radius 3 is 2.63 bits per heavy atom. The molecule has 2 N–H and O–H groups in total. The highest BCUT2D eigenvalue weighted by Crippen LogP contribution is 2.25. The third kappa shape index (κ3) is 3.32. The number of amides is 1. The Hall–Kier alpha value is -1.88. The number of hydrogen-bond donors (Lipinski definition) is 2. The fourth-order valence-corrected chi connectivity index (χ4v) is 1.98. The van der Waals surface area contributed by atoms with E-state index in [2.05, 4.69) is 5.32 Å². The Morgan fingerprint density at radius 1 is 1.37 bits per heavy atom. The number of carboxylic acid groups (broad SMARTS) is 1. The maximum absolute atomic E-state index is 11.8. The van der Waals surface area contributed by atoms with E-state index in [1.54, 1.807) is 18.2 Å². The van der Waals surface area contributed by atoms with Gasteiger partial charge in [0, 0.05) is 12.0 Å². The van der Waals surface area contributed by atoms with Gasteiger partial charge in [-0.3, -0.25) is 4.79 Å². The molecule has 1 saturated heterocycles. The molecule has 1 aliphatic heterocycles. The molecule has 0 bridgehead atoms. The van der Waals surface area contributed by atoms with Gasteiger partial charge in [0.25, 0.3) is 0 Å². The number of ether oxygens (including phenoxy) is 1. The van der Waals surface area contributed by atoms with E-state index in [4.69, 9.17) is 9.84 Å². The number of carbonyl (C=O) groups excluding carboxylic acids is 1. The van der Waals surface area contributed by atoms with Gasteiger partial charge >= 0.3 is 5.97 Å². The summed E-state index contributed by atoms with van der Waals surface area (Å²) in [6.45, 7) is 3.90. The molecule has 0 radical (unpaired) electrons. The minimum atomic E-state index is -1.01. The first-order valence-electron chi connectivity index (χ1n) is 6.16. The molecule has 0 aromatic heterocycles. The van der Waals surface area contributed by atoms with E-state index >= 15 is 0 Å². The van der Waals surface area contributed by atoms with Crippen LogP contribution in [0.2, 0.25) is 0 Å². The summed E-state index contributed by atoms with van der Waals surface area (Å²) in [6.07, 6.45) is 0.0827. The normalized spacial score (nSPS) is 16.5. The lowest BCUT2D eigenvalue weighted by Crippen LogP contribution is -2.48. The van der Waals surface area contributed by atoms with Gasteiger partial charge in [-0.2, -0.15) is 0 Å². The van der Waals surface area contributed by atoms with E-state index in [1.807, 2.05) is 6.92 Å². The second kappa shape index (κ2) is 5.40. The molecule has 5 heteroatoms. The summed E-state index contributed by atoms with van der Waals surface area (Å²) in [5.41, 5.74) is 0.723. The average molecular weight is 263 g/mol. The number of benzene rings is 1. The maximum Gasteiger partial charge on any atom is 0.335 e. The highest BCUT2D eigenvalue weighted by molar-refractivity contribution is 5.91. The zero-order valence-corrected chi connectivity index (χ0v) is 10.8. The van der Waals surface area contributed by atoms with Crippen LogP contribution in [-0.2, 0) is 16.0 Å². The second-order valence-electron chi connectivity index (χ2n) is 5.22. The lowest BCUT2D eigenvalue weighted by atomic mass is 9.88. The van der Waals surface area contributed by atoms with Crippen LogP contribution >= 0.6 is 0 Å². The Balaban J connectivity index is 1.93. The van der Waals surface area contributed by atoms with Crippen LogP contribution in [0.3, 0.4) is 0 Å². The lowest BCUT2D eigenvalue weighted by molar-refractivity contribution is -0.126. The minimum Gasteiger partial charge on any atom is -0.478 e. The van der Waals surface area contributed by atoms with Crippen molar-refractivity contribution >= 4 is 11.9 Å². The van der Waals surface area contributed by atoms with Crippen LogP contribution in [-0.4, -0.2) is 36.7 Å². The SMILES string of the molecule is CC1(CNC(=O)Cc2ccccc2C(=O)O)COC1. The van der Waals surface area contributed by atoms with Crippen molar-refractivity contribution in [3.63, 3.8) is 0 Å². The monoisotopic (exact) mass is 263 g/mol. The first kappa shape index (κ1) is 13.5. The van der Waals surface area contributed by atoms with Gasteiger partial charge in [0.15, 0.2) is 0 Å². The zero-order valence-electron chi connectivity index (χ0n) is 10.8. The lowest BCUT2D eigenvalue weighted by Gasteiger charge is -2.38. The Morgan fingerprint density at radius 2 is 2.05 bits per heavy atom. The Kier molecular flexibility index (Phi) is 3.85. The number of carboxylic acids is 1. The molecule has 1 amide bonds. The zero-order chi connectivity index (χ0) is 13.9. The van der Waals surface area contributed by atoms with Gasteiger partial charge in [0.05, 0.1) is 25.2 Å². The highest BCUT2D eigenvalue weighted by Gasteiger charge is 2.33. The predicted octanol–water partition coefficient (Wildman–Crippen LogP) is 1.08. The van der Waals surface area contributed by atoms with Crippen molar-refractivity contribution in [2.24, 2.45) is 5.41 Å². The summed E-state index contributed by atoms with van der Waals surface area (Å²) in [5, 5.41) is 11.9. The number of rotatable bonds is 5. The van der Waals surface area contributed by atoms with E-state index in [0.717, 1.165) is 0 Å². The number of nitrogens with one attached hydrogen (secondary N) is 1. The quantitative estimate of drug-likeness (QED) is 0.833. The molecule has 1 aromatic carbocycles. The molecule has 0 aliphatic carbocycles. The molecule has 1 aromatic rings. The van der Waals surface area contributed by atoms with Crippen molar-refractivity contribution in [3.05, 3.63) is 35.4 Å². The molecule has 2 rings (SSSR count). The molecule has 1 heterocycles. The summed E-state index contributed by atoms with van der Waals surface area (Å²) in [5.74, 6) is -1.18. The summed E-state index contributed by atoms with van der Waals surface area (Å²) in [7, 11) is 0. The van der Waals surface area contributed by atoms with E-state index in [1.165, 1.54) is 6.07 Å². The Bertz CT molecular complexity index is 494. The number of aromatic carboxylic acids is 1.